The molecule has 1 aliphatic heterocycles. The van der Waals surface area contributed by atoms with Gasteiger partial charge in [0.2, 0.25) is 12.7 Å². The van der Waals surface area contributed by atoms with E-state index in [2.05, 4.69) is 10.6 Å². The zero-order chi connectivity index (χ0) is 18.0. The van der Waals surface area contributed by atoms with Crippen molar-refractivity contribution in [3.8, 4) is 11.5 Å². The molecular weight excluding hydrogens is 320 g/mol. The number of benzene rings is 2. The van der Waals surface area contributed by atoms with E-state index in [0.29, 0.717) is 17.1 Å². The van der Waals surface area contributed by atoms with E-state index in [4.69, 9.17) is 9.47 Å². The average Bonchev–Trinajstić information content (AvgIpc) is 3.03. The van der Waals surface area contributed by atoms with Gasteiger partial charge in [0, 0.05) is 11.3 Å². The standard InChI is InChI=1S/C19H20N2O4/c1-11-6-12(2)18(13(3)7-11)21-17(22)9-20-19(23)14-4-5-15-16(8-14)25-10-24-15/h4-8H,9-10H2,1-3H3,(H,20,23)(H,21,22). The summed E-state index contributed by atoms with van der Waals surface area (Å²) in [5.74, 6) is 0.526. The lowest BCUT2D eigenvalue weighted by molar-refractivity contribution is -0.115. The lowest BCUT2D eigenvalue weighted by atomic mass is 10.1. The SMILES string of the molecule is Cc1cc(C)c(NC(=O)CNC(=O)c2ccc3c(c2)OCO3)c(C)c1. The first-order chi connectivity index (χ1) is 11.9. The predicted molar refractivity (Wildman–Crippen MR) is 94.2 cm³/mol. The lowest BCUT2D eigenvalue weighted by Gasteiger charge is -2.13. The van der Waals surface area contributed by atoms with Crippen LogP contribution in [0.3, 0.4) is 0 Å². The first kappa shape index (κ1) is 16.8. The van der Waals surface area contributed by atoms with Crippen LogP contribution in [0.2, 0.25) is 0 Å². The molecule has 2 aromatic rings. The van der Waals surface area contributed by atoms with Crippen LogP contribution >= 0.6 is 0 Å². The Bertz CT molecular complexity index is 822. The van der Waals surface area contributed by atoms with Gasteiger partial charge in [0.25, 0.3) is 5.91 Å². The molecule has 0 saturated carbocycles. The van der Waals surface area contributed by atoms with Crippen molar-refractivity contribution in [1.82, 2.24) is 5.32 Å². The summed E-state index contributed by atoms with van der Waals surface area (Å²) in [6.07, 6.45) is 0. The summed E-state index contributed by atoms with van der Waals surface area (Å²) in [4.78, 5) is 24.3. The van der Waals surface area contributed by atoms with Crippen LogP contribution in [0.25, 0.3) is 0 Å². The van der Waals surface area contributed by atoms with Crippen LogP contribution in [-0.2, 0) is 4.79 Å². The minimum atomic E-state index is -0.342. The van der Waals surface area contributed by atoms with Gasteiger partial charge in [-0.2, -0.15) is 0 Å². The molecule has 6 heteroatoms. The van der Waals surface area contributed by atoms with E-state index < -0.39 is 0 Å². The highest BCUT2D eigenvalue weighted by Gasteiger charge is 2.17. The second-order valence-corrected chi connectivity index (χ2v) is 6.07. The first-order valence-corrected chi connectivity index (χ1v) is 7.99. The smallest absolute Gasteiger partial charge is 0.251 e. The van der Waals surface area contributed by atoms with Crippen molar-refractivity contribution in [2.75, 3.05) is 18.7 Å². The Morgan fingerprint density at radius 3 is 2.40 bits per heavy atom. The molecule has 2 amide bonds. The summed E-state index contributed by atoms with van der Waals surface area (Å²) in [6.45, 7) is 5.94. The Morgan fingerprint density at radius 2 is 1.68 bits per heavy atom. The minimum Gasteiger partial charge on any atom is -0.454 e. The molecule has 0 unspecified atom stereocenters. The van der Waals surface area contributed by atoms with Gasteiger partial charge < -0.3 is 20.1 Å². The van der Waals surface area contributed by atoms with Crippen molar-refractivity contribution < 1.29 is 19.1 Å². The van der Waals surface area contributed by atoms with Crippen LogP contribution < -0.4 is 20.1 Å². The van der Waals surface area contributed by atoms with E-state index in [1.165, 1.54) is 0 Å². The third-order valence-electron chi connectivity index (χ3n) is 3.99. The van der Waals surface area contributed by atoms with Crippen LogP contribution in [0.1, 0.15) is 27.0 Å². The number of nitrogens with one attached hydrogen (secondary N) is 2. The second-order valence-electron chi connectivity index (χ2n) is 6.07. The molecule has 1 aliphatic rings. The lowest BCUT2D eigenvalue weighted by Crippen LogP contribution is -2.33. The normalized spacial score (nSPS) is 12.0. The van der Waals surface area contributed by atoms with Gasteiger partial charge in [0.05, 0.1) is 6.54 Å². The molecule has 0 bridgehead atoms. The molecule has 0 atom stereocenters. The van der Waals surface area contributed by atoms with Crippen molar-refractivity contribution in [3.63, 3.8) is 0 Å². The molecule has 6 nitrogen and oxygen atoms in total. The Morgan fingerprint density at radius 1 is 1.00 bits per heavy atom. The monoisotopic (exact) mass is 340 g/mol. The third kappa shape index (κ3) is 3.74. The van der Waals surface area contributed by atoms with Crippen LogP contribution in [0.15, 0.2) is 30.3 Å². The van der Waals surface area contributed by atoms with E-state index >= 15 is 0 Å². The number of amides is 2. The van der Waals surface area contributed by atoms with Gasteiger partial charge in [-0.3, -0.25) is 9.59 Å². The van der Waals surface area contributed by atoms with E-state index in [1.54, 1.807) is 18.2 Å². The van der Waals surface area contributed by atoms with Gasteiger partial charge in [0.1, 0.15) is 0 Å². The van der Waals surface area contributed by atoms with Crippen molar-refractivity contribution in [2.45, 2.75) is 20.8 Å². The summed E-state index contributed by atoms with van der Waals surface area (Å²) in [6, 6.07) is 8.93. The van der Waals surface area contributed by atoms with Gasteiger partial charge in [-0.05, 0) is 50.1 Å². The average molecular weight is 340 g/mol. The van der Waals surface area contributed by atoms with Crippen LogP contribution in [0, 0.1) is 20.8 Å². The maximum atomic E-state index is 12.2. The van der Waals surface area contributed by atoms with Crippen molar-refractivity contribution >= 4 is 17.5 Å². The van der Waals surface area contributed by atoms with Gasteiger partial charge >= 0.3 is 0 Å². The molecule has 0 aliphatic carbocycles. The second kappa shape index (κ2) is 6.84. The minimum absolute atomic E-state index is 0.111. The molecule has 130 valence electrons. The number of fused-ring (bicyclic) bond motifs is 1. The van der Waals surface area contributed by atoms with E-state index in [-0.39, 0.29) is 25.2 Å². The van der Waals surface area contributed by atoms with Gasteiger partial charge in [-0.15, -0.1) is 0 Å². The highest BCUT2D eigenvalue weighted by atomic mass is 16.7. The number of carbonyl (C=O) groups is 2. The molecule has 0 radical (unpaired) electrons. The molecule has 0 saturated heterocycles. The highest BCUT2D eigenvalue weighted by Crippen LogP contribution is 2.32. The highest BCUT2D eigenvalue weighted by molar-refractivity contribution is 6.00. The maximum absolute atomic E-state index is 12.2. The number of hydrogen-bond acceptors (Lipinski definition) is 4. The largest absolute Gasteiger partial charge is 0.454 e. The summed E-state index contributed by atoms with van der Waals surface area (Å²) in [5.41, 5.74) is 4.33. The van der Waals surface area contributed by atoms with E-state index in [9.17, 15) is 9.59 Å². The fourth-order valence-corrected chi connectivity index (χ4v) is 2.86. The van der Waals surface area contributed by atoms with Crippen molar-refractivity contribution in [3.05, 3.63) is 52.6 Å². The number of rotatable bonds is 4. The topological polar surface area (TPSA) is 76.7 Å². The summed E-state index contributed by atoms with van der Waals surface area (Å²) in [5, 5.41) is 5.47. The zero-order valence-electron chi connectivity index (χ0n) is 14.4. The molecule has 25 heavy (non-hydrogen) atoms. The Hall–Kier alpha value is -3.02. The van der Waals surface area contributed by atoms with Gasteiger partial charge in [-0.1, -0.05) is 17.7 Å². The number of aryl methyl sites for hydroxylation is 3. The summed E-state index contributed by atoms with van der Waals surface area (Å²) in [7, 11) is 0. The Balaban J connectivity index is 1.60. The summed E-state index contributed by atoms with van der Waals surface area (Å²) >= 11 is 0. The van der Waals surface area contributed by atoms with Crippen molar-refractivity contribution in [1.29, 1.82) is 0 Å². The quantitative estimate of drug-likeness (QED) is 0.897. The zero-order valence-corrected chi connectivity index (χ0v) is 14.4. The van der Waals surface area contributed by atoms with Crippen LogP contribution in [0.5, 0.6) is 11.5 Å². The fraction of sp³-hybridized carbons (Fsp3) is 0.263. The molecule has 1 heterocycles. The molecule has 3 rings (SSSR count). The molecule has 0 spiro atoms. The van der Waals surface area contributed by atoms with Gasteiger partial charge in [-0.25, -0.2) is 0 Å². The number of anilines is 1. The fourth-order valence-electron chi connectivity index (χ4n) is 2.86. The Kier molecular flexibility index (Phi) is 4.61. The number of carbonyl (C=O) groups excluding carboxylic acids is 2. The van der Waals surface area contributed by atoms with Crippen molar-refractivity contribution in [2.24, 2.45) is 0 Å². The molecule has 2 N–H and O–H groups in total. The van der Waals surface area contributed by atoms with Gasteiger partial charge in [0.15, 0.2) is 11.5 Å². The number of ether oxygens (including phenoxy) is 2. The van der Waals surface area contributed by atoms with E-state index in [1.807, 2.05) is 32.9 Å². The Labute approximate surface area is 146 Å². The maximum Gasteiger partial charge on any atom is 0.251 e. The molecule has 0 fully saturated rings. The molecular formula is C19H20N2O4. The van der Waals surface area contributed by atoms with Crippen LogP contribution in [-0.4, -0.2) is 25.2 Å². The number of hydrogen-bond donors (Lipinski definition) is 2. The molecule has 0 aromatic heterocycles. The molecule has 2 aromatic carbocycles. The predicted octanol–water partition coefficient (Wildman–Crippen LogP) is 2.71. The summed E-state index contributed by atoms with van der Waals surface area (Å²) < 4.78 is 10.5. The third-order valence-corrected chi connectivity index (χ3v) is 3.99. The van der Waals surface area contributed by atoms with Crippen LogP contribution in [0.4, 0.5) is 5.69 Å². The first-order valence-electron chi connectivity index (χ1n) is 7.99. The van der Waals surface area contributed by atoms with E-state index in [0.717, 1.165) is 22.4 Å².